The summed E-state index contributed by atoms with van der Waals surface area (Å²) in [6.07, 6.45) is 8.14. The van der Waals surface area contributed by atoms with Crippen molar-refractivity contribution in [2.24, 2.45) is 0 Å². The minimum Gasteiger partial charge on any atom is -0.348 e. The van der Waals surface area contributed by atoms with Gasteiger partial charge in [-0.3, -0.25) is 19.3 Å². The maximum absolute atomic E-state index is 13.0. The third kappa shape index (κ3) is 4.09. The molecule has 7 heteroatoms. The van der Waals surface area contributed by atoms with Crippen molar-refractivity contribution in [3.8, 4) is 0 Å². The molecule has 0 saturated heterocycles. The Labute approximate surface area is 182 Å². The van der Waals surface area contributed by atoms with E-state index in [9.17, 15) is 14.4 Å². The van der Waals surface area contributed by atoms with Crippen molar-refractivity contribution in [3.05, 3.63) is 58.7 Å². The number of imide groups is 1. The Morgan fingerprint density at radius 1 is 1.10 bits per heavy atom. The second-order valence-electron chi connectivity index (χ2n) is 9.36. The van der Waals surface area contributed by atoms with Gasteiger partial charge in [0.25, 0.3) is 17.7 Å². The van der Waals surface area contributed by atoms with Crippen molar-refractivity contribution in [1.29, 1.82) is 0 Å². The van der Waals surface area contributed by atoms with E-state index in [1.807, 2.05) is 0 Å². The fourth-order valence-electron chi connectivity index (χ4n) is 4.51. The number of carbonyl (C=O) groups is 3. The Morgan fingerprint density at radius 2 is 1.81 bits per heavy atom. The third-order valence-electron chi connectivity index (χ3n) is 6.06. The van der Waals surface area contributed by atoms with Gasteiger partial charge in [-0.05, 0) is 31.0 Å². The highest BCUT2D eigenvalue weighted by molar-refractivity contribution is 6.22. The fraction of sp³-hybridized carbons (Fsp3) is 0.458. The summed E-state index contributed by atoms with van der Waals surface area (Å²) in [4.78, 5) is 48.4. The molecule has 2 aromatic rings. The average molecular weight is 421 g/mol. The first-order valence-electron chi connectivity index (χ1n) is 10.9. The van der Waals surface area contributed by atoms with Crippen LogP contribution in [0.3, 0.4) is 0 Å². The molecule has 0 atom stereocenters. The Hall–Kier alpha value is -3.09. The number of nitrogens with one attached hydrogen (secondary N) is 1. The van der Waals surface area contributed by atoms with E-state index >= 15 is 0 Å². The van der Waals surface area contributed by atoms with E-state index in [0.717, 1.165) is 43.4 Å². The van der Waals surface area contributed by atoms with Crippen LogP contribution < -0.4 is 5.32 Å². The molecule has 0 radical (unpaired) electrons. The zero-order valence-corrected chi connectivity index (χ0v) is 18.3. The molecule has 2 heterocycles. The molecule has 1 aromatic heterocycles. The maximum Gasteiger partial charge on any atom is 0.261 e. The van der Waals surface area contributed by atoms with Crippen LogP contribution in [0.4, 0.5) is 0 Å². The van der Waals surface area contributed by atoms with E-state index in [-0.39, 0.29) is 35.7 Å². The summed E-state index contributed by atoms with van der Waals surface area (Å²) in [7, 11) is 0. The van der Waals surface area contributed by atoms with Gasteiger partial charge in [0.05, 0.1) is 16.8 Å². The molecule has 2 aliphatic rings. The van der Waals surface area contributed by atoms with Crippen LogP contribution in [0.5, 0.6) is 0 Å². The Kier molecular flexibility index (Phi) is 5.60. The minimum atomic E-state index is -0.303. The van der Waals surface area contributed by atoms with Gasteiger partial charge in [-0.1, -0.05) is 40.0 Å². The average Bonchev–Trinajstić information content (AvgIpc) is 3.01. The standard InChI is InChI=1S/C24H28N4O3/c1-24(2,3)20-16(12-25-14-27-20)13-26-21(29)15-9-10-18-19(11-15)23(31)28(22(18)30)17-7-5-4-6-8-17/h9-12,14,17H,4-8,13H2,1-3H3,(H,26,29). The summed E-state index contributed by atoms with van der Waals surface area (Å²) in [5.74, 6) is -0.828. The van der Waals surface area contributed by atoms with E-state index in [1.54, 1.807) is 24.4 Å². The second kappa shape index (κ2) is 8.21. The highest BCUT2D eigenvalue weighted by Crippen LogP contribution is 2.31. The first kappa shape index (κ1) is 21.2. The molecule has 31 heavy (non-hydrogen) atoms. The molecule has 7 nitrogen and oxygen atoms in total. The van der Waals surface area contributed by atoms with Crippen LogP contribution in [0.15, 0.2) is 30.7 Å². The highest BCUT2D eigenvalue weighted by atomic mass is 16.2. The van der Waals surface area contributed by atoms with Gasteiger partial charge in [-0.15, -0.1) is 0 Å². The number of aromatic nitrogens is 2. The lowest BCUT2D eigenvalue weighted by Crippen LogP contribution is -2.40. The summed E-state index contributed by atoms with van der Waals surface area (Å²) in [6.45, 7) is 6.45. The molecule has 0 bridgehead atoms. The number of rotatable bonds is 4. The molecule has 1 aliphatic heterocycles. The topological polar surface area (TPSA) is 92.3 Å². The van der Waals surface area contributed by atoms with E-state index in [2.05, 4.69) is 36.1 Å². The Bertz CT molecular complexity index is 1040. The van der Waals surface area contributed by atoms with Crippen molar-refractivity contribution in [3.63, 3.8) is 0 Å². The SMILES string of the molecule is CC(C)(C)c1ncncc1CNC(=O)c1ccc2c(c1)C(=O)N(C1CCCCC1)C2=O. The summed E-state index contributed by atoms with van der Waals surface area (Å²) in [5.41, 5.74) is 2.62. The second-order valence-corrected chi connectivity index (χ2v) is 9.36. The zero-order chi connectivity index (χ0) is 22.2. The predicted octanol–water partition coefficient (Wildman–Crippen LogP) is 3.63. The number of hydrogen-bond acceptors (Lipinski definition) is 5. The van der Waals surface area contributed by atoms with Gasteiger partial charge < -0.3 is 5.32 Å². The van der Waals surface area contributed by atoms with Crippen molar-refractivity contribution in [2.75, 3.05) is 0 Å². The van der Waals surface area contributed by atoms with Crippen molar-refractivity contribution < 1.29 is 14.4 Å². The third-order valence-corrected chi connectivity index (χ3v) is 6.06. The number of fused-ring (bicyclic) bond motifs is 1. The normalized spacial score (nSPS) is 17.1. The van der Waals surface area contributed by atoms with Gasteiger partial charge in [-0.2, -0.15) is 0 Å². The Balaban J connectivity index is 1.51. The monoisotopic (exact) mass is 420 g/mol. The fourth-order valence-corrected chi connectivity index (χ4v) is 4.51. The molecule has 0 unspecified atom stereocenters. The van der Waals surface area contributed by atoms with Crippen molar-refractivity contribution in [2.45, 2.75) is 70.9 Å². The number of carbonyl (C=O) groups excluding carboxylic acids is 3. The summed E-state index contributed by atoms with van der Waals surface area (Å²) in [5, 5.41) is 2.89. The summed E-state index contributed by atoms with van der Waals surface area (Å²) < 4.78 is 0. The lowest BCUT2D eigenvalue weighted by molar-refractivity contribution is 0.0548. The van der Waals surface area contributed by atoms with Gasteiger partial charge in [0, 0.05) is 35.3 Å². The van der Waals surface area contributed by atoms with E-state index in [1.165, 1.54) is 11.2 Å². The Morgan fingerprint density at radius 3 is 2.52 bits per heavy atom. The molecule has 1 saturated carbocycles. The van der Waals surface area contributed by atoms with Crippen LogP contribution in [-0.4, -0.2) is 38.6 Å². The van der Waals surface area contributed by atoms with Crippen LogP contribution in [0.25, 0.3) is 0 Å². The van der Waals surface area contributed by atoms with Crippen molar-refractivity contribution in [1.82, 2.24) is 20.2 Å². The molecule has 0 spiro atoms. The van der Waals surface area contributed by atoms with E-state index < -0.39 is 0 Å². The van der Waals surface area contributed by atoms with Gasteiger partial charge in [-0.25, -0.2) is 9.97 Å². The van der Waals surface area contributed by atoms with E-state index in [4.69, 9.17) is 0 Å². The molecular weight excluding hydrogens is 392 g/mol. The van der Waals surface area contributed by atoms with Crippen LogP contribution in [0.1, 0.15) is 95.2 Å². The molecule has 3 amide bonds. The highest BCUT2D eigenvalue weighted by Gasteiger charge is 2.40. The van der Waals surface area contributed by atoms with Crippen LogP contribution >= 0.6 is 0 Å². The predicted molar refractivity (Wildman–Crippen MR) is 116 cm³/mol. The van der Waals surface area contributed by atoms with Gasteiger partial charge in [0.2, 0.25) is 0 Å². The molecule has 162 valence electrons. The van der Waals surface area contributed by atoms with Gasteiger partial charge >= 0.3 is 0 Å². The minimum absolute atomic E-state index is 0.0349. The number of hydrogen-bond donors (Lipinski definition) is 1. The number of nitrogens with zero attached hydrogens (tertiary/aromatic N) is 3. The maximum atomic E-state index is 13.0. The van der Waals surface area contributed by atoms with Gasteiger partial charge in [0.1, 0.15) is 6.33 Å². The summed E-state index contributed by atoms with van der Waals surface area (Å²) in [6, 6.07) is 4.71. The van der Waals surface area contributed by atoms with Gasteiger partial charge in [0.15, 0.2) is 0 Å². The molecule has 1 N–H and O–H groups in total. The largest absolute Gasteiger partial charge is 0.348 e. The van der Waals surface area contributed by atoms with Crippen LogP contribution in [0, 0.1) is 0 Å². The lowest BCUT2D eigenvalue weighted by atomic mass is 9.89. The number of amides is 3. The molecule has 4 rings (SSSR count). The molecule has 1 aliphatic carbocycles. The summed E-state index contributed by atoms with van der Waals surface area (Å²) >= 11 is 0. The van der Waals surface area contributed by atoms with Crippen LogP contribution in [0.2, 0.25) is 0 Å². The zero-order valence-electron chi connectivity index (χ0n) is 18.3. The lowest BCUT2D eigenvalue weighted by Gasteiger charge is -2.29. The van der Waals surface area contributed by atoms with Crippen molar-refractivity contribution >= 4 is 17.7 Å². The molecule has 1 aromatic carbocycles. The first-order valence-corrected chi connectivity index (χ1v) is 10.9. The molecule has 1 fully saturated rings. The van der Waals surface area contributed by atoms with E-state index in [0.29, 0.717) is 16.7 Å². The molecular formula is C24H28N4O3. The smallest absolute Gasteiger partial charge is 0.261 e. The quantitative estimate of drug-likeness (QED) is 0.763. The first-order chi connectivity index (χ1) is 14.8. The van der Waals surface area contributed by atoms with Crippen LogP contribution in [-0.2, 0) is 12.0 Å². The number of benzene rings is 1.